The third-order valence-electron chi connectivity index (χ3n) is 3.85. The number of nitrogens with zero attached hydrogens (tertiary/aromatic N) is 1. The van der Waals surface area contributed by atoms with Crippen molar-refractivity contribution in [1.29, 1.82) is 0 Å². The maximum Gasteiger partial charge on any atom is 0.119 e. The predicted octanol–water partition coefficient (Wildman–Crippen LogP) is 2.05. The Morgan fingerprint density at radius 1 is 1.35 bits per heavy atom. The summed E-state index contributed by atoms with van der Waals surface area (Å²) in [5.41, 5.74) is 7.47. The van der Waals surface area contributed by atoms with Crippen LogP contribution in [0.2, 0.25) is 0 Å². The number of likely N-dealkylation sites (tertiary alicyclic amines) is 1. The van der Waals surface area contributed by atoms with Crippen LogP contribution in [-0.4, -0.2) is 44.9 Å². The zero-order chi connectivity index (χ0) is 14.4. The maximum absolute atomic E-state index is 6.30. The highest BCUT2D eigenvalue weighted by molar-refractivity contribution is 5.29. The Bertz CT molecular complexity index is 394. The quantitative estimate of drug-likeness (QED) is 0.829. The molecule has 20 heavy (non-hydrogen) atoms. The van der Waals surface area contributed by atoms with Gasteiger partial charge in [0.25, 0.3) is 0 Å². The first-order chi connectivity index (χ1) is 9.72. The molecule has 0 amide bonds. The molecule has 2 unspecified atom stereocenters. The van der Waals surface area contributed by atoms with E-state index >= 15 is 0 Å². The second-order valence-electron chi connectivity index (χ2n) is 5.48. The van der Waals surface area contributed by atoms with E-state index in [1.165, 1.54) is 12.0 Å². The Hall–Kier alpha value is -1.10. The molecule has 2 atom stereocenters. The van der Waals surface area contributed by atoms with Crippen LogP contribution in [0.25, 0.3) is 0 Å². The van der Waals surface area contributed by atoms with Gasteiger partial charge in [0.15, 0.2) is 0 Å². The fourth-order valence-corrected chi connectivity index (χ4v) is 2.81. The normalized spacial score (nSPS) is 21.1. The highest BCUT2D eigenvalue weighted by Gasteiger charge is 2.23. The summed E-state index contributed by atoms with van der Waals surface area (Å²) in [6.07, 6.45) is 1.21. The zero-order valence-electron chi connectivity index (χ0n) is 12.5. The van der Waals surface area contributed by atoms with E-state index in [-0.39, 0.29) is 6.04 Å². The minimum Gasteiger partial charge on any atom is -0.494 e. The first kappa shape index (κ1) is 15.3. The molecular weight excluding hydrogens is 252 g/mol. The molecule has 0 radical (unpaired) electrons. The van der Waals surface area contributed by atoms with E-state index in [1.54, 1.807) is 7.11 Å². The van der Waals surface area contributed by atoms with Crippen molar-refractivity contribution in [3.8, 4) is 5.75 Å². The van der Waals surface area contributed by atoms with E-state index in [1.807, 2.05) is 19.1 Å². The van der Waals surface area contributed by atoms with Crippen LogP contribution in [0.3, 0.4) is 0 Å². The third kappa shape index (κ3) is 4.20. The molecule has 1 aromatic rings. The summed E-state index contributed by atoms with van der Waals surface area (Å²) in [6.45, 7) is 6.67. The van der Waals surface area contributed by atoms with Gasteiger partial charge in [0.1, 0.15) is 5.75 Å². The van der Waals surface area contributed by atoms with Crippen LogP contribution >= 0.6 is 0 Å². The summed E-state index contributed by atoms with van der Waals surface area (Å²) >= 11 is 0. The van der Waals surface area contributed by atoms with E-state index in [0.717, 1.165) is 32.0 Å². The molecule has 1 aromatic carbocycles. The van der Waals surface area contributed by atoms with Gasteiger partial charge in [-0.3, -0.25) is 0 Å². The number of rotatable bonds is 7. The van der Waals surface area contributed by atoms with Gasteiger partial charge in [-0.2, -0.15) is 0 Å². The summed E-state index contributed by atoms with van der Waals surface area (Å²) in [7, 11) is 1.77. The molecule has 2 N–H and O–H groups in total. The van der Waals surface area contributed by atoms with Crippen LogP contribution in [0.4, 0.5) is 0 Å². The largest absolute Gasteiger partial charge is 0.494 e. The maximum atomic E-state index is 6.30. The van der Waals surface area contributed by atoms with Crippen molar-refractivity contribution < 1.29 is 9.47 Å². The first-order valence-corrected chi connectivity index (χ1v) is 7.42. The number of hydrogen-bond acceptors (Lipinski definition) is 4. The summed E-state index contributed by atoms with van der Waals surface area (Å²) in [6, 6.07) is 8.19. The van der Waals surface area contributed by atoms with Crippen molar-refractivity contribution in [3.63, 3.8) is 0 Å². The highest BCUT2D eigenvalue weighted by Crippen LogP contribution is 2.21. The molecule has 4 heteroatoms. The molecule has 1 fully saturated rings. The van der Waals surface area contributed by atoms with E-state index in [0.29, 0.717) is 12.5 Å². The van der Waals surface area contributed by atoms with E-state index in [9.17, 15) is 0 Å². The van der Waals surface area contributed by atoms with Gasteiger partial charge in [-0.25, -0.2) is 0 Å². The molecule has 0 bridgehead atoms. The topological polar surface area (TPSA) is 47.7 Å². The molecule has 0 aromatic heterocycles. The average molecular weight is 278 g/mol. The molecule has 0 aliphatic carbocycles. The van der Waals surface area contributed by atoms with Gasteiger partial charge in [0.2, 0.25) is 0 Å². The number of benzene rings is 1. The van der Waals surface area contributed by atoms with Gasteiger partial charge in [0.05, 0.1) is 13.2 Å². The Balaban J connectivity index is 1.84. The smallest absolute Gasteiger partial charge is 0.119 e. The molecular formula is C16H26N2O2. The summed E-state index contributed by atoms with van der Waals surface area (Å²) in [5.74, 6) is 1.57. The number of nitrogens with two attached hydrogens (primary N) is 1. The zero-order valence-corrected chi connectivity index (χ0v) is 12.5. The molecule has 1 aliphatic rings. The van der Waals surface area contributed by atoms with Crippen molar-refractivity contribution in [2.45, 2.75) is 19.4 Å². The molecule has 112 valence electrons. The lowest BCUT2D eigenvalue weighted by Crippen LogP contribution is -2.31. The minimum atomic E-state index is 0.0620. The van der Waals surface area contributed by atoms with Crippen LogP contribution in [0.1, 0.15) is 24.9 Å². The predicted molar refractivity (Wildman–Crippen MR) is 81.0 cm³/mol. The standard InChI is InChI=1S/C16H26N2O2/c1-3-20-15-6-4-14(5-7-15)16(17)11-18-9-8-13(10-18)12-19-2/h4-7,13,16H,3,8-12,17H2,1-2H3. The van der Waals surface area contributed by atoms with Crippen LogP contribution in [-0.2, 0) is 4.74 Å². The van der Waals surface area contributed by atoms with Gasteiger partial charge < -0.3 is 20.1 Å². The average Bonchev–Trinajstić information content (AvgIpc) is 2.88. The van der Waals surface area contributed by atoms with Gasteiger partial charge in [-0.1, -0.05) is 12.1 Å². The van der Waals surface area contributed by atoms with Crippen LogP contribution in [0.5, 0.6) is 5.75 Å². The molecule has 0 saturated carbocycles. The lowest BCUT2D eigenvalue weighted by Gasteiger charge is -2.21. The van der Waals surface area contributed by atoms with Crippen LogP contribution in [0.15, 0.2) is 24.3 Å². The minimum absolute atomic E-state index is 0.0620. The first-order valence-electron chi connectivity index (χ1n) is 7.42. The number of ether oxygens (including phenoxy) is 2. The molecule has 1 saturated heterocycles. The monoisotopic (exact) mass is 278 g/mol. The van der Waals surface area contributed by atoms with Gasteiger partial charge >= 0.3 is 0 Å². The molecule has 2 rings (SSSR count). The van der Waals surface area contributed by atoms with Crippen molar-refractivity contribution in [2.24, 2.45) is 11.7 Å². The van der Waals surface area contributed by atoms with Gasteiger partial charge in [0, 0.05) is 26.2 Å². The van der Waals surface area contributed by atoms with Crippen molar-refractivity contribution >= 4 is 0 Å². The Labute approximate surface area is 121 Å². The Kier molecular flexibility index (Phi) is 5.83. The lowest BCUT2D eigenvalue weighted by molar-refractivity contribution is 0.152. The lowest BCUT2D eigenvalue weighted by atomic mass is 10.1. The highest BCUT2D eigenvalue weighted by atomic mass is 16.5. The summed E-state index contributed by atoms with van der Waals surface area (Å²) < 4.78 is 10.7. The van der Waals surface area contributed by atoms with Crippen molar-refractivity contribution in [3.05, 3.63) is 29.8 Å². The summed E-state index contributed by atoms with van der Waals surface area (Å²) in [5, 5.41) is 0. The number of hydrogen-bond donors (Lipinski definition) is 1. The molecule has 0 spiro atoms. The molecule has 1 heterocycles. The van der Waals surface area contributed by atoms with E-state index < -0.39 is 0 Å². The van der Waals surface area contributed by atoms with Crippen LogP contribution < -0.4 is 10.5 Å². The SMILES string of the molecule is CCOc1ccc(C(N)CN2CCC(COC)C2)cc1. The van der Waals surface area contributed by atoms with Crippen molar-refractivity contribution in [2.75, 3.05) is 40.0 Å². The summed E-state index contributed by atoms with van der Waals surface area (Å²) in [4.78, 5) is 2.44. The second kappa shape index (κ2) is 7.62. The van der Waals surface area contributed by atoms with Gasteiger partial charge in [-0.05, 0) is 43.5 Å². The Morgan fingerprint density at radius 2 is 2.10 bits per heavy atom. The van der Waals surface area contributed by atoms with Crippen molar-refractivity contribution in [1.82, 2.24) is 4.90 Å². The molecule has 4 nitrogen and oxygen atoms in total. The van der Waals surface area contributed by atoms with Gasteiger partial charge in [-0.15, -0.1) is 0 Å². The number of methoxy groups -OCH3 is 1. The second-order valence-corrected chi connectivity index (χ2v) is 5.48. The van der Waals surface area contributed by atoms with E-state index in [2.05, 4.69) is 17.0 Å². The fraction of sp³-hybridized carbons (Fsp3) is 0.625. The van der Waals surface area contributed by atoms with E-state index in [4.69, 9.17) is 15.2 Å². The molecule has 1 aliphatic heterocycles. The third-order valence-corrected chi connectivity index (χ3v) is 3.85. The Morgan fingerprint density at radius 3 is 2.75 bits per heavy atom. The van der Waals surface area contributed by atoms with Crippen LogP contribution in [0, 0.1) is 5.92 Å². The fourth-order valence-electron chi connectivity index (χ4n) is 2.81.